The molecule has 0 saturated heterocycles. The summed E-state index contributed by atoms with van der Waals surface area (Å²) >= 11 is 0. The third kappa shape index (κ3) is 3.00. The lowest BCUT2D eigenvalue weighted by Gasteiger charge is -2.09. The topological polar surface area (TPSA) is 26.3 Å². The fourth-order valence-electron chi connectivity index (χ4n) is 2.21. The number of carbonyl (C=O) groups is 1. The zero-order valence-corrected chi connectivity index (χ0v) is 11.4. The number of hydrogen-bond acceptors (Lipinski definition) is 2. The maximum Gasteiger partial charge on any atom is 0.150 e. The van der Waals surface area contributed by atoms with Crippen molar-refractivity contribution in [3.8, 4) is 22.6 Å². The lowest BCUT2D eigenvalue weighted by Crippen LogP contribution is -1.88. The Morgan fingerprint density at radius 2 is 1.43 bits per heavy atom. The van der Waals surface area contributed by atoms with E-state index in [0.717, 1.165) is 28.9 Å². The maximum absolute atomic E-state index is 11.1. The van der Waals surface area contributed by atoms with Crippen LogP contribution in [0.15, 0.2) is 78.9 Å². The highest BCUT2D eigenvalue weighted by Gasteiger charge is 2.05. The quantitative estimate of drug-likeness (QED) is 0.629. The average Bonchev–Trinajstić information content (AvgIpc) is 2.56. The Bertz CT molecular complexity index is 748. The van der Waals surface area contributed by atoms with Gasteiger partial charge in [0.15, 0.2) is 6.29 Å². The third-order valence-electron chi connectivity index (χ3n) is 3.21. The van der Waals surface area contributed by atoms with Gasteiger partial charge >= 0.3 is 0 Å². The Labute approximate surface area is 123 Å². The van der Waals surface area contributed by atoms with E-state index in [4.69, 9.17) is 4.74 Å². The predicted molar refractivity (Wildman–Crippen MR) is 83.8 cm³/mol. The zero-order valence-electron chi connectivity index (χ0n) is 11.4. The van der Waals surface area contributed by atoms with E-state index in [-0.39, 0.29) is 0 Å². The van der Waals surface area contributed by atoms with E-state index < -0.39 is 0 Å². The zero-order chi connectivity index (χ0) is 14.5. The van der Waals surface area contributed by atoms with Crippen LogP contribution in [0.2, 0.25) is 0 Å². The smallest absolute Gasteiger partial charge is 0.150 e. The lowest BCUT2D eigenvalue weighted by atomic mass is 10.0. The molecule has 21 heavy (non-hydrogen) atoms. The van der Waals surface area contributed by atoms with Crippen LogP contribution in [0.4, 0.5) is 0 Å². The first-order valence-corrected chi connectivity index (χ1v) is 6.74. The van der Waals surface area contributed by atoms with Crippen molar-refractivity contribution < 1.29 is 9.53 Å². The molecule has 0 radical (unpaired) electrons. The standard InChI is InChI=1S/C19H14O2/c20-14-16-7-4-5-12-19(16)15-8-6-11-18(13-15)21-17-9-2-1-3-10-17/h1-14H. The molecule has 0 spiro atoms. The van der Waals surface area contributed by atoms with Crippen LogP contribution >= 0.6 is 0 Å². The van der Waals surface area contributed by atoms with Gasteiger partial charge in [0.2, 0.25) is 0 Å². The molecule has 3 aromatic carbocycles. The van der Waals surface area contributed by atoms with E-state index in [1.165, 1.54) is 0 Å². The van der Waals surface area contributed by atoms with Gasteiger partial charge in [-0.1, -0.05) is 54.6 Å². The van der Waals surface area contributed by atoms with Gasteiger partial charge in [-0.3, -0.25) is 4.79 Å². The van der Waals surface area contributed by atoms with Crippen molar-refractivity contribution in [1.82, 2.24) is 0 Å². The van der Waals surface area contributed by atoms with Crippen molar-refractivity contribution >= 4 is 6.29 Å². The summed E-state index contributed by atoms with van der Waals surface area (Å²) in [5.74, 6) is 1.54. The second-order valence-electron chi connectivity index (χ2n) is 4.65. The first-order chi connectivity index (χ1) is 10.4. The van der Waals surface area contributed by atoms with Crippen molar-refractivity contribution in [3.63, 3.8) is 0 Å². The van der Waals surface area contributed by atoms with Gasteiger partial charge in [-0.2, -0.15) is 0 Å². The monoisotopic (exact) mass is 274 g/mol. The van der Waals surface area contributed by atoms with Crippen molar-refractivity contribution in [1.29, 1.82) is 0 Å². The number of rotatable bonds is 4. The minimum atomic E-state index is 0.675. The van der Waals surface area contributed by atoms with E-state index in [1.54, 1.807) is 0 Å². The minimum absolute atomic E-state index is 0.675. The van der Waals surface area contributed by atoms with Crippen molar-refractivity contribution in [2.75, 3.05) is 0 Å². The normalized spacial score (nSPS) is 10.1. The van der Waals surface area contributed by atoms with Crippen LogP contribution in [0.3, 0.4) is 0 Å². The molecule has 2 nitrogen and oxygen atoms in total. The SMILES string of the molecule is O=Cc1ccccc1-c1cccc(Oc2ccccc2)c1. The number of aldehydes is 1. The predicted octanol–water partition coefficient (Wildman–Crippen LogP) is 4.96. The number of hydrogen-bond donors (Lipinski definition) is 0. The van der Waals surface area contributed by atoms with Gasteiger partial charge < -0.3 is 4.74 Å². The van der Waals surface area contributed by atoms with E-state index in [2.05, 4.69) is 0 Å². The van der Waals surface area contributed by atoms with Crippen molar-refractivity contribution in [2.24, 2.45) is 0 Å². The number of para-hydroxylation sites is 1. The second kappa shape index (κ2) is 6.06. The van der Waals surface area contributed by atoms with E-state index in [0.29, 0.717) is 5.56 Å². The van der Waals surface area contributed by atoms with Crippen LogP contribution < -0.4 is 4.74 Å². The van der Waals surface area contributed by atoms with Gasteiger partial charge in [-0.15, -0.1) is 0 Å². The molecule has 3 rings (SSSR count). The Balaban J connectivity index is 1.95. The summed E-state index contributed by atoms with van der Waals surface area (Å²) in [6.45, 7) is 0. The molecule has 3 aromatic rings. The molecule has 0 unspecified atom stereocenters. The molecule has 0 aromatic heterocycles. The number of benzene rings is 3. The molecular weight excluding hydrogens is 260 g/mol. The molecule has 0 bridgehead atoms. The summed E-state index contributed by atoms with van der Waals surface area (Å²) < 4.78 is 5.83. The highest BCUT2D eigenvalue weighted by molar-refractivity contribution is 5.87. The Morgan fingerprint density at radius 3 is 2.24 bits per heavy atom. The summed E-state index contributed by atoms with van der Waals surface area (Å²) in [6.07, 6.45) is 0.875. The fourth-order valence-corrected chi connectivity index (χ4v) is 2.21. The molecule has 0 fully saturated rings. The largest absolute Gasteiger partial charge is 0.457 e. The molecule has 0 atom stereocenters. The summed E-state index contributed by atoms with van der Waals surface area (Å²) in [6, 6.07) is 24.9. The Kier molecular flexibility index (Phi) is 3.79. The molecular formula is C19H14O2. The van der Waals surface area contributed by atoms with Crippen LogP contribution in [0, 0.1) is 0 Å². The fraction of sp³-hybridized carbons (Fsp3) is 0. The van der Waals surface area contributed by atoms with E-state index in [1.807, 2.05) is 78.9 Å². The highest BCUT2D eigenvalue weighted by atomic mass is 16.5. The van der Waals surface area contributed by atoms with Crippen LogP contribution in [0.25, 0.3) is 11.1 Å². The Morgan fingerprint density at radius 1 is 0.714 bits per heavy atom. The van der Waals surface area contributed by atoms with Gasteiger partial charge in [-0.05, 0) is 35.4 Å². The molecule has 0 heterocycles. The molecule has 0 aliphatic rings. The summed E-state index contributed by atoms with van der Waals surface area (Å²) in [4.78, 5) is 11.1. The number of carbonyl (C=O) groups excluding carboxylic acids is 1. The first-order valence-electron chi connectivity index (χ1n) is 6.74. The van der Waals surface area contributed by atoms with Crippen LogP contribution in [-0.2, 0) is 0 Å². The van der Waals surface area contributed by atoms with Crippen molar-refractivity contribution in [2.45, 2.75) is 0 Å². The Hall–Kier alpha value is -2.87. The molecule has 0 amide bonds. The minimum Gasteiger partial charge on any atom is -0.457 e. The van der Waals surface area contributed by atoms with E-state index >= 15 is 0 Å². The average molecular weight is 274 g/mol. The molecule has 0 saturated carbocycles. The maximum atomic E-state index is 11.1. The highest BCUT2D eigenvalue weighted by Crippen LogP contribution is 2.28. The summed E-state index contributed by atoms with van der Waals surface area (Å²) in [7, 11) is 0. The van der Waals surface area contributed by atoms with Crippen LogP contribution in [0.1, 0.15) is 10.4 Å². The number of ether oxygens (including phenoxy) is 1. The van der Waals surface area contributed by atoms with Gasteiger partial charge in [-0.25, -0.2) is 0 Å². The second-order valence-corrected chi connectivity index (χ2v) is 4.65. The molecule has 0 aliphatic carbocycles. The molecule has 0 N–H and O–H groups in total. The van der Waals surface area contributed by atoms with Gasteiger partial charge in [0, 0.05) is 5.56 Å². The van der Waals surface area contributed by atoms with Crippen LogP contribution in [-0.4, -0.2) is 6.29 Å². The van der Waals surface area contributed by atoms with Crippen molar-refractivity contribution in [3.05, 3.63) is 84.4 Å². The van der Waals surface area contributed by atoms with Gasteiger partial charge in [0.25, 0.3) is 0 Å². The van der Waals surface area contributed by atoms with Crippen LogP contribution in [0.5, 0.6) is 11.5 Å². The molecule has 0 aliphatic heterocycles. The molecule has 102 valence electrons. The van der Waals surface area contributed by atoms with Gasteiger partial charge in [0.1, 0.15) is 11.5 Å². The summed E-state index contributed by atoms with van der Waals surface area (Å²) in [5, 5.41) is 0. The lowest BCUT2D eigenvalue weighted by molar-refractivity contribution is 0.112. The third-order valence-corrected chi connectivity index (χ3v) is 3.21. The molecule has 2 heteroatoms. The summed E-state index contributed by atoms with van der Waals surface area (Å²) in [5.41, 5.74) is 2.55. The van der Waals surface area contributed by atoms with E-state index in [9.17, 15) is 4.79 Å². The van der Waals surface area contributed by atoms with Gasteiger partial charge in [0.05, 0.1) is 0 Å². The first kappa shape index (κ1) is 13.1.